The summed E-state index contributed by atoms with van der Waals surface area (Å²) in [5, 5.41) is 0. The van der Waals surface area contributed by atoms with Crippen molar-refractivity contribution in [1.82, 2.24) is 4.98 Å². The minimum Gasteiger partial charge on any atom is -0.388 e. The van der Waals surface area contributed by atoms with Crippen LogP contribution in [0.5, 0.6) is 5.88 Å². The second-order valence-corrected chi connectivity index (χ2v) is 2.18. The van der Waals surface area contributed by atoms with Crippen LogP contribution in [0.1, 0.15) is 5.56 Å². The average Bonchev–Trinajstić information content (AvgIpc) is 2.01. The second kappa shape index (κ2) is 3.59. The summed E-state index contributed by atoms with van der Waals surface area (Å²) in [4.78, 5) is 3.26. The fraction of sp³-hybridized carbons (Fsp3) is 0.286. The van der Waals surface area contributed by atoms with Gasteiger partial charge in [0.25, 0.3) is 0 Å². The fourth-order valence-corrected chi connectivity index (χ4v) is 0.708. The molecule has 0 atom stereocenters. The van der Waals surface area contributed by atoms with E-state index in [1.165, 1.54) is 6.07 Å². The molecule has 0 N–H and O–H groups in total. The third kappa shape index (κ3) is 3.27. The van der Waals surface area contributed by atoms with Gasteiger partial charge in [0.15, 0.2) is 0 Å². The van der Waals surface area contributed by atoms with Crippen LogP contribution in [0.15, 0.2) is 18.3 Å². The topological polar surface area (TPSA) is 22.1 Å². The molecule has 0 spiro atoms. The van der Waals surface area contributed by atoms with Gasteiger partial charge >= 0.3 is 6.36 Å². The molecule has 1 aromatic heterocycles. The monoisotopic (exact) mass is 195 g/mol. The lowest BCUT2D eigenvalue weighted by Crippen LogP contribution is -2.17. The molecular weight excluding hydrogens is 190 g/mol. The molecule has 0 unspecified atom stereocenters. The van der Waals surface area contributed by atoms with E-state index in [-0.39, 0.29) is 5.56 Å². The molecule has 0 radical (unpaired) electrons. The molecule has 0 aliphatic carbocycles. The van der Waals surface area contributed by atoms with Gasteiger partial charge in [0, 0.05) is 12.3 Å². The molecule has 13 heavy (non-hydrogen) atoms. The Morgan fingerprint density at radius 3 is 2.62 bits per heavy atom. The van der Waals surface area contributed by atoms with Crippen molar-refractivity contribution >= 4 is 0 Å². The van der Waals surface area contributed by atoms with Crippen molar-refractivity contribution in [3.63, 3.8) is 0 Å². The van der Waals surface area contributed by atoms with Gasteiger partial charge < -0.3 is 4.74 Å². The molecular formula is C7H5F4NO. The van der Waals surface area contributed by atoms with Gasteiger partial charge in [0.05, 0.1) is 0 Å². The molecule has 0 saturated heterocycles. The van der Waals surface area contributed by atoms with E-state index in [2.05, 4.69) is 9.72 Å². The number of nitrogens with zero attached hydrogens (tertiary/aromatic N) is 1. The number of rotatable bonds is 2. The first-order valence-corrected chi connectivity index (χ1v) is 3.28. The standard InChI is InChI=1S/C7H5F4NO/c8-4-5-1-2-12-6(3-5)13-7(9,10)11/h1-3H,4H2. The fourth-order valence-electron chi connectivity index (χ4n) is 0.708. The molecule has 0 aliphatic rings. The van der Waals surface area contributed by atoms with Crippen LogP contribution in [0.4, 0.5) is 17.6 Å². The van der Waals surface area contributed by atoms with Crippen LogP contribution < -0.4 is 4.74 Å². The van der Waals surface area contributed by atoms with Gasteiger partial charge in [-0.15, -0.1) is 13.2 Å². The van der Waals surface area contributed by atoms with E-state index < -0.39 is 18.9 Å². The van der Waals surface area contributed by atoms with Crippen molar-refractivity contribution in [3.05, 3.63) is 23.9 Å². The number of hydrogen-bond donors (Lipinski definition) is 0. The van der Waals surface area contributed by atoms with Gasteiger partial charge in [0.1, 0.15) is 6.67 Å². The van der Waals surface area contributed by atoms with Gasteiger partial charge in [0.2, 0.25) is 5.88 Å². The average molecular weight is 195 g/mol. The Labute approximate surface area is 71.2 Å². The van der Waals surface area contributed by atoms with Crippen molar-refractivity contribution < 1.29 is 22.3 Å². The maximum atomic E-state index is 12.0. The number of pyridine rings is 1. The highest BCUT2D eigenvalue weighted by molar-refractivity contribution is 5.19. The lowest BCUT2D eigenvalue weighted by molar-refractivity contribution is -0.276. The zero-order chi connectivity index (χ0) is 9.90. The first kappa shape index (κ1) is 9.76. The summed E-state index contributed by atoms with van der Waals surface area (Å²) in [6, 6.07) is 2.16. The van der Waals surface area contributed by atoms with Crippen LogP contribution in [0.3, 0.4) is 0 Å². The number of hydrogen-bond acceptors (Lipinski definition) is 2. The van der Waals surface area contributed by atoms with Gasteiger partial charge in [-0.2, -0.15) is 0 Å². The molecule has 0 aromatic carbocycles. The maximum absolute atomic E-state index is 12.0. The van der Waals surface area contributed by atoms with E-state index in [1.54, 1.807) is 0 Å². The molecule has 6 heteroatoms. The van der Waals surface area contributed by atoms with Crippen LogP contribution in [0.2, 0.25) is 0 Å². The summed E-state index contributed by atoms with van der Waals surface area (Å²) in [5.41, 5.74) is 0.0919. The van der Waals surface area contributed by atoms with Crippen molar-refractivity contribution in [2.45, 2.75) is 13.0 Å². The van der Waals surface area contributed by atoms with E-state index in [9.17, 15) is 17.6 Å². The predicted octanol–water partition coefficient (Wildman–Crippen LogP) is 2.45. The van der Waals surface area contributed by atoms with Crippen LogP contribution in [-0.2, 0) is 6.67 Å². The molecule has 1 aromatic rings. The Morgan fingerprint density at radius 1 is 1.38 bits per heavy atom. The van der Waals surface area contributed by atoms with Gasteiger partial charge in [-0.3, -0.25) is 0 Å². The van der Waals surface area contributed by atoms with Crippen molar-refractivity contribution in [3.8, 4) is 5.88 Å². The first-order chi connectivity index (χ1) is 6.01. The molecule has 2 nitrogen and oxygen atoms in total. The predicted molar refractivity (Wildman–Crippen MR) is 35.7 cm³/mol. The van der Waals surface area contributed by atoms with Crippen molar-refractivity contribution in [2.75, 3.05) is 0 Å². The molecule has 0 saturated carbocycles. The SMILES string of the molecule is FCc1ccnc(OC(F)(F)F)c1. The molecule has 0 aliphatic heterocycles. The highest BCUT2D eigenvalue weighted by Gasteiger charge is 2.31. The zero-order valence-corrected chi connectivity index (χ0v) is 6.31. The molecule has 1 rings (SSSR count). The zero-order valence-electron chi connectivity index (χ0n) is 6.31. The summed E-state index contributed by atoms with van der Waals surface area (Å²) in [5.74, 6) is -0.650. The maximum Gasteiger partial charge on any atom is 0.574 e. The first-order valence-electron chi connectivity index (χ1n) is 3.28. The van der Waals surface area contributed by atoms with Gasteiger partial charge in [-0.1, -0.05) is 0 Å². The largest absolute Gasteiger partial charge is 0.574 e. The summed E-state index contributed by atoms with van der Waals surface area (Å²) in [6.07, 6.45) is -3.74. The lowest BCUT2D eigenvalue weighted by atomic mass is 10.3. The van der Waals surface area contributed by atoms with E-state index in [0.717, 1.165) is 12.3 Å². The van der Waals surface area contributed by atoms with Crippen LogP contribution in [0, 0.1) is 0 Å². The minimum atomic E-state index is -4.79. The number of alkyl halides is 4. The van der Waals surface area contributed by atoms with E-state index in [0.29, 0.717) is 0 Å². The Balaban J connectivity index is 2.78. The summed E-state index contributed by atoms with van der Waals surface area (Å²) < 4.78 is 50.3. The quantitative estimate of drug-likeness (QED) is 0.676. The van der Waals surface area contributed by atoms with Crippen LogP contribution in [-0.4, -0.2) is 11.3 Å². The molecule has 0 bridgehead atoms. The molecule has 1 heterocycles. The van der Waals surface area contributed by atoms with Gasteiger partial charge in [-0.05, 0) is 11.6 Å². The van der Waals surface area contributed by atoms with Gasteiger partial charge in [-0.25, -0.2) is 9.37 Å². The summed E-state index contributed by atoms with van der Waals surface area (Å²) >= 11 is 0. The Morgan fingerprint density at radius 2 is 2.08 bits per heavy atom. The normalized spacial score (nSPS) is 11.4. The molecule has 0 fully saturated rings. The second-order valence-electron chi connectivity index (χ2n) is 2.18. The lowest BCUT2D eigenvalue weighted by Gasteiger charge is -2.07. The number of aromatic nitrogens is 1. The summed E-state index contributed by atoms with van der Waals surface area (Å²) in [7, 11) is 0. The highest BCUT2D eigenvalue weighted by atomic mass is 19.4. The third-order valence-corrected chi connectivity index (χ3v) is 1.17. The highest BCUT2D eigenvalue weighted by Crippen LogP contribution is 2.21. The van der Waals surface area contributed by atoms with Crippen LogP contribution >= 0.6 is 0 Å². The smallest absolute Gasteiger partial charge is 0.388 e. The van der Waals surface area contributed by atoms with E-state index in [1.807, 2.05) is 0 Å². The Kier molecular flexibility index (Phi) is 2.69. The molecule has 0 amide bonds. The van der Waals surface area contributed by atoms with Crippen molar-refractivity contribution in [1.29, 1.82) is 0 Å². The summed E-state index contributed by atoms with van der Waals surface area (Å²) in [6.45, 7) is -0.850. The van der Waals surface area contributed by atoms with E-state index >= 15 is 0 Å². The Hall–Kier alpha value is -1.33. The third-order valence-electron chi connectivity index (χ3n) is 1.17. The Bertz CT molecular complexity index is 286. The van der Waals surface area contributed by atoms with Crippen LogP contribution in [0.25, 0.3) is 0 Å². The number of halogens is 4. The number of ether oxygens (including phenoxy) is 1. The van der Waals surface area contributed by atoms with E-state index in [4.69, 9.17) is 0 Å². The molecule has 72 valence electrons. The minimum absolute atomic E-state index is 0.0919. The van der Waals surface area contributed by atoms with Crippen molar-refractivity contribution in [2.24, 2.45) is 0 Å².